The van der Waals surface area contributed by atoms with E-state index in [-0.39, 0.29) is 28.9 Å². The van der Waals surface area contributed by atoms with E-state index in [9.17, 15) is 13.2 Å². The molecule has 1 spiro atoms. The number of ether oxygens (including phenoxy) is 1. The minimum absolute atomic E-state index is 0.122. The van der Waals surface area contributed by atoms with Crippen LogP contribution in [0.2, 0.25) is 0 Å². The van der Waals surface area contributed by atoms with E-state index in [1.807, 2.05) is 29.2 Å². The zero-order chi connectivity index (χ0) is 18.2. The Bertz CT molecular complexity index is 818. The Labute approximate surface area is 154 Å². The van der Waals surface area contributed by atoms with E-state index in [1.54, 1.807) is 0 Å². The van der Waals surface area contributed by atoms with Crippen molar-refractivity contribution in [3.05, 3.63) is 35.9 Å². The molecule has 5 nitrogen and oxygen atoms in total. The van der Waals surface area contributed by atoms with Gasteiger partial charge in [0.15, 0.2) is 0 Å². The van der Waals surface area contributed by atoms with Crippen LogP contribution in [-0.4, -0.2) is 49.4 Å². The Hall–Kier alpha value is -1.82. The van der Waals surface area contributed by atoms with E-state index in [2.05, 4.69) is 12.2 Å². The van der Waals surface area contributed by atoms with E-state index in [0.29, 0.717) is 19.4 Å². The van der Waals surface area contributed by atoms with Crippen LogP contribution in [0.25, 0.3) is 6.08 Å². The molecule has 3 aliphatic rings. The van der Waals surface area contributed by atoms with Gasteiger partial charge in [0.05, 0.1) is 11.5 Å². The summed E-state index contributed by atoms with van der Waals surface area (Å²) in [6.07, 6.45) is 7.76. The molecule has 26 heavy (non-hydrogen) atoms. The van der Waals surface area contributed by atoms with E-state index < -0.39 is 9.84 Å². The number of benzene rings is 1. The Morgan fingerprint density at radius 1 is 1.12 bits per heavy atom. The number of fused-ring (bicyclic) bond motifs is 1. The summed E-state index contributed by atoms with van der Waals surface area (Å²) in [7, 11) is -2.94. The third-order valence-electron chi connectivity index (χ3n) is 5.85. The average molecular weight is 375 g/mol. The van der Waals surface area contributed by atoms with Crippen molar-refractivity contribution < 1.29 is 17.9 Å². The van der Waals surface area contributed by atoms with Gasteiger partial charge in [0.25, 0.3) is 0 Å². The summed E-state index contributed by atoms with van der Waals surface area (Å²) in [6, 6.07) is 8.02. The zero-order valence-corrected chi connectivity index (χ0v) is 15.7. The van der Waals surface area contributed by atoms with Crippen LogP contribution in [0.5, 0.6) is 5.75 Å². The molecule has 1 aromatic rings. The van der Waals surface area contributed by atoms with Gasteiger partial charge in [-0.2, -0.15) is 0 Å². The predicted molar refractivity (Wildman–Crippen MR) is 101 cm³/mol. The maximum absolute atomic E-state index is 12.9. The van der Waals surface area contributed by atoms with Crippen LogP contribution in [-0.2, 0) is 14.6 Å². The van der Waals surface area contributed by atoms with Gasteiger partial charge >= 0.3 is 0 Å². The lowest BCUT2D eigenvalue weighted by Gasteiger charge is -2.34. The van der Waals surface area contributed by atoms with Crippen molar-refractivity contribution in [3.8, 4) is 5.75 Å². The number of carbonyl (C=O) groups excluding carboxylic acids is 1. The lowest BCUT2D eigenvalue weighted by Crippen LogP contribution is -2.41. The molecule has 0 saturated carbocycles. The van der Waals surface area contributed by atoms with Crippen molar-refractivity contribution in [1.82, 2.24) is 4.90 Å². The highest BCUT2D eigenvalue weighted by Gasteiger charge is 2.37. The number of amides is 1. The Kier molecular flexibility index (Phi) is 4.55. The summed E-state index contributed by atoms with van der Waals surface area (Å²) in [5.74, 6) is 1.17. The smallest absolute Gasteiger partial charge is 0.225 e. The first-order valence-corrected chi connectivity index (χ1v) is 11.3. The van der Waals surface area contributed by atoms with Crippen LogP contribution >= 0.6 is 0 Å². The fourth-order valence-electron chi connectivity index (χ4n) is 4.22. The molecule has 0 bridgehead atoms. The number of hydrogen-bond acceptors (Lipinski definition) is 4. The van der Waals surface area contributed by atoms with Gasteiger partial charge in [-0.15, -0.1) is 0 Å². The average Bonchev–Trinajstić information content (AvgIpc) is 2.84. The molecule has 1 amide bonds. The highest BCUT2D eigenvalue weighted by molar-refractivity contribution is 7.91. The summed E-state index contributed by atoms with van der Waals surface area (Å²) in [4.78, 5) is 14.8. The summed E-state index contributed by atoms with van der Waals surface area (Å²) in [6.45, 7) is 1.39. The van der Waals surface area contributed by atoms with Crippen LogP contribution in [0.4, 0.5) is 0 Å². The Balaban J connectivity index is 1.42. The zero-order valence-electron chi connectivity index (χ0n) is 14.9. The fraction of sp³-hybridized carbons (Fsp3) is 0.550. The third kappa shape index (κ3) is 3.52. The summed E-state index contributed by atoms with van der Waals surface area (Å²) in [5, 5.41) is 0. The lowest BCUT2D eigenvalue weighted by atomic mass is 9.91. The van der Waals surface area contributed by atoms with Crippen molar-refractivity contribution in [2.45, 2.75) is 37.7 Å². The molecule has 1 aromatic carbocycles. The second-order valence-corrected chi connectivity index (χ2v) is 9.95. The molecule has 6 heteroatoms. The van der Waals surface area contributed by atoms with Gasteiger partial charge in [0.2, 0.25) is 5.91 Å². The monoisotopic (exact) mass is 375 g/mol. The van der Waals surface area contributed by atoms with Gasteiger partial charge in [0.1, 0.15) is 21.2 Å². The molecule has 4 rings (SSSR count). The van der Waals surface area contributed by atoms with Crippen LogP contribution in [0.15, 0.2) is 30.3 Å². The second kappa shape index (κ2) is 6.72. The highest BCUT2D eigenvalue weighted by atomic mass is 32.2. The molecule has 140 valence electrons. The molecule has 0 aromatic heterocycles. The van der Waals surface area contributed by atoms with Gasteiger partial charge in [0, 0.05) is 31.0 Å². The van der Waals surface area contributed by atoms with Gasteiger partial charge in [-0.05, 0) is 37.8 Å². The summed E-state index contributed by atoms with van der Waals surface area (Å²) in [5.41, 5.74) is 0.762. The molecule has 0 N–H and O–H groups in total. The van der Waals surface area contributed by atoms with Crippen molar-refractivity contribution in [2.75, 3.05) is 24.6 Å². The normalized spacial score (nSPS) is 28.2. The minimum atomic E-state index is -2.94. The second-order valence-electron chi connectivity index (χ2n) is 7.64. The topological polar surface area (TPSA) is 63.7 Å². The van der Waals surface area contributed by atoms with Gasteiger partial charge in [-0.25, -0.2) is 8.42 Å². The van der Waals surface area contributed by atoms with Crippen molar-refractivity contribution >= 4 is 21.8 Å². The number of carbonyl (C=O) groups is 1. The predicted octanol–water partition coefficient (Wildman–Crippen LogP) is 2.67. The molecule has 1 unspecified atom stereocenters. The van der Waals surface area contributed by atoms with E-state index >= 15 is 0 Å². The van der Waals surface area contributed by atoms with E-state index in [0.717, 1.165) is 37.1 Å². The number of para-hydroxylation sites is 1. The van der Waals surface area contributed by atoms with Gasteiger partial charge < -0.3 is 9.64 Å². The molecule has 1 atom stereocenters. The van der Waals surface area contributed by atoms with Gasteiger partial charge in [-0.1, -0.05) is 24.3 Å². The van der Waals surface area contributed by atoms with Crippen molar-refractivity contribution in [1.29, 1.82) is 0 Å². The molecular formula is C20H25NO4S. The molecule has 2 fully saturated rings. The maximum Gasteiger partial charge on any atom is 0.225 e. The SMILES string of the molecule is O=C(C1CCS(=O)(=O)CC1)N1CCCC2(C=Cc3ccccc3O2)CC1. The quantitative estimate of drug-likeness (QED) is 0.757. The Morgan fingerprint density at radius 2 is 1.88 bits per heavy atom. The minimum Gasteiger partial charge on any atom is -0.483 e. The van der Waals surface area contributed by atoms with E-state index in [1.165, 1.54) is 0 Å². The molecule has 3 heterocycles. The number of rotatable bonds is 1. The molecule has 3 aliphatic heterocycles. The lowest BCUT2D eigenvalue weighted by molar-refractivity contribution is -0.135. The maximum atomic E-state index is 12.9. The largest absolute Gasteiger partial charge is 0.483 e. The number of likely N-dealkylation sites (tertiary alicyclic amines) is 1. The standard InChI is InChI=1S/C20H25NO4S/c22-19(17-7-14-26(23,24)15-8-17)21-12-3-9-20(11-13-21)10-6-16-4-1-2-5-18(16)25-20/h1-2,4-6,10,17H,3,7-9,11-15H2. The van der Waals surface area contributed by atoms with Gasteiger partial charge in [-0.3, -0.25) is 4.79 Å². The number of hydrogen-bond donors (Lipinski definition) is 0. The Morgan fingerprint density at radius 3 is 2.69 bits per heavy atom. The van der Waals surface area contributed by atoms with Crippen molar-refractivity contribution in [2.24, 2.45) is 5.92 Å². The van der Waals surface area contributed by atoms with Crippen molar-refractivity contribution in [3.63, 3.8) is 0 Å². The summed E-state index contributed by atoms with van der Waals surface area (Å²) < 4.78 is 29.5. The fourth-order valence-corrected chi connectivity index (χ4v) is 5.71. The third-order valence-corrected chi connectivity index (χ3v) is 7.56. The number of nitrogens with zero attached hydrogens (tertiary/aromatic N) is 1. The molecule has 0 radical (unpaired) electrons. The highest BCUT2D eigenvalue weighted by Crippen LogP contribution is 2.37. The molecular weight excluding hydrogens is 350 g/mol. The summed E-state index contributed by atoms with van der Waals surface area (Å²) >= 11 is 0. The van der Waals surface area contributed by atoms with Crippen LogP contribution < -0.4 is 4.74 Å². The molecule has 2 saturated heterocycles. The first-order chi connectivity index (χ1) is 12.5. The van der Waals surface area contributed by atoms with E-state index in [4.69, 9.17) is 4.74 Å². The first kappa shape index (κ1) is 17.6. The number of sulfone groups is 1. The first-order valence-electron chi connectivity index (χ1n) is 9.43. The molecule has 0 aliphatic carbocycles. The van der Waals surface area contributed by atoms with Crippen LogP contribution in [0.1, 0.15) is 37.7 Å². The van der Waals surface area contributed by atoms with Crippen LogP contribution in [0, 0.1) is 5.92 Å². The van der Waals surface area contributed by atoms with Crippen LogP contribution in [0.3, 0.4) is 0 Å².